The van der Waals surface area contributed by atoms with Crippen LogP contribution in [0.5, 0.6) is 0 Å². The van der Waals surface area contributed by atoms with Gasteiger partial charge in [0.1, 0.15) is 0 Å². The van der Waals surface area contributed by atoms with Crippen LogP contribution in [0.3, 0.4) is 0 Å². The highest BCUT2D eigenvalue weighted by Gasteiger charge is 2.16. The predicted molar refractivity (Wildman–Crippen MR) is 111 cm³/mol. The van der Waals surface area contributed by atoms with E-state index < -0.39 is 0 Å². The summed E-state index contributed by atoms with van der Waals surface area (Å²) in [5.74, 6) is 0.589. The molecule has 2 aromatic carbocycles. The molecule has 0 saturated carbocycles. The lowest BCUT2D eigenvalue weighted by Crippen LogP contribution is -2.27. The molecule has 1 aliphatic rings. The summed E-state index contributed by atoms with van der Waals surface area (Å²) in [7, 11) is 1.97. The maximum atomic E-state index is 4.96. The molecule has 0 atom stereocenters. The van der Waals surface area contributed by atoms with E-state index in [4.69, 9.17) is 4.98 Å². The molecule has 1 saturated heterocycles. The van der Waals surface area contributed by atoms with Crippen molar-refractivity contribution in [2.45, 2.75) is 25.7 Å². The summed E-state index contributed by atoms with van der Waals surface area (Å²) >= 11 is 0. The second kappa shape index (κ2) is 6.46. The zero-order valence-electron chi connectivity index (χ0n) is 15.9. The maximum absolute atomic E-state index is 4.96. The van der Waals surface area contributed by atoms with E-state index in [-0.39, 0.29) is 0 Å². The van der Waals surface area contributed by atoms with Crippen molar-refractivity contribution in [1.29, 1.82) is 0 Å². The SMILES string of the molecule is Cc1cc(-c2ccc3nc(C4CCNCC4)ccc3c2)cc2cn(C)nc12. The molecule has 0 unspecified atom stereocenters. The fourth-order valence-corrected chi connectivity index (χ4v) is 4.26. The lowest BCUT2D eigenvalue weighted by molar-refractivity contribution is 0.454. The van der Waals surface area contributed by atoms with Gasteiger partial charge in [0.05, 0.1) is 11.0 Å². The molecule has 2 aromatic heterocycles. The van der Waals surface area contributed by atoms with Crippen molar-refractivity contribution in [1.82, 2.24) is 20.1 Å². The topological polar surface area (TPSA) is 42.7 Å². The number of pyridine rings is 1. The summed E-state index contributed by atoms with van der Waals surface area (Å²) in [6, 6.07) is 15.5. The Labute approximate surface area is 159 Å². The molecule has 0 amide bonds. The standard InChI is InChI=1S/C23H24N4/c1-15-11-19(13-20-14-27(2)26-23(15)20)17-3-5-22-18(12-17)4-6-21(25-22)16-7-9-24-10-8-16/h3-6,11-14,16,24H,7-10H2,1-2H3. The van der Waals surface area contributed by atoms with E-state index in [2.05, 4.69) is 66.0 Å². The number of hydrogen-bond acceptors (Lipinski definition) is 3. The van der Waals surface area contributed by atoms with E-state index in [1.807, 2.05) is 11.7 Å². The number of nitrogens with one attached hydrogen (secondary N) is 1. The summed E-state index contributed by atoms with van der Waals surface area (Å²) in [4.78, 5) is 4.96. The largest absolute Gasteiger partial charge is 0.317 e. The first-order valence-corrected chi connectivity index (χ1v) is 9.73. The maximum Gasteiger partial charge on any atom is 0.0952 e. The molecule has 1 aliphatic heterocycles. The van der Waals surface area contributed by atoms with Crippen molar-refractivity contribution < 1.29 is 0 Å². The van der Waals surface area contributed by atoms with Gasteiger partial charge in [-0.3, -0.25) is 9.67 Å². The van der Waals surface area contributed by atoms with E-state index in [1.165, 1.54) is 46.0 Å². The Kier molecular flexibility index (Phi) is 3.94. The third-order valence-electron chi connectivity index (χ3n) is 5.72. The number of rotatable bonds is 2. The molecule has 0 aliphatic carbocycles. The summed E-state index contributed by atoms with van der Waals surface area (Å²) in [5, 5.41) is 10.4. The monoisotopic (exact) mass is 356 g/mol. The molecule has 4 nitrogen and oxygen atoms in total. The van der Waals surface area contributed by atoms with Crippen molar-refractivity contribution in [3.8, 4) is 11.1 Å². The van der Waals surface area contributed by atoms with Crippen LogP contribution in [0.15, 0.2) is 48.7 Å². The van der Waals surface area contributed by atoms with E-state index in [0.29, 0.717) is 5.92 Å². The third-order valence-corrected chi connectivity index (χ3v) is 5.72. The minimum Gasteiger partial charge on any atom is -0.317 e. The highest BCUT2D eigenvalue weighted by Crippen LogP contribution is 2.30. The van der Waals surface area contributed by atoms with Crippen LogP contribution >= 0.6 is 0 Å². The second-order valence-corrected chi connectivity index (χ2v) is 7.70. The lowest BCUT2D eigenvalue weighted by atomic mass is 9.93. The molecule has 5 rings (SSSR count). The summed E-state index contributed by atoms with van der Waals surface area (Å²) < 4.78 is 1.88. The van der Waals surface area contributed by atoms with Crippen molar-refractivity contribution in [3.05, 3.63) is 59.9 Å². The van der Waals surface area contributed by atoms with Crippen LogP contribution in [0, 0.1) is 6.92 Å². The number of hydrogen-bond donors (Lipinski definition) is 1. The first-order valence-electron chi connectivity index (χ1n) is 9.73. The molecular formula is C23H24N4. The average Bonchev–Trinajstić information content (AvgIpc) is 3.09. The van der Waals surface area contributed by atoms with Crippen LogP contribution in [-0.2, 0) is 7.05 Å². The minimum atomic E-state index is 0.589. The molecule has 1 fully saturated rings. The Morgan fingerprint density at radius 2 is 1.78 bits per heavy atom. The normalized spacial score (nSPS) is 15.6. The quantitative estimate of drug-likeness (QED) is 0.572. The van der Waals surface area contributed by atoms with Gasteiger partial charge in [0, 0.05) is 35.6 Å². The van der Waals surface area contributed by atoms with Crippen LogP contribution in [0.2, 0.25) is 0 Å². The lowest BCUT2D eigenvalue weighted by Gasteiger charge is -2.22. The van der Waals surface area contributed by atoms with E-state index >= 15 is 0 Å². The van der Waals surface area contributed by atoms with Gasteiger partial charge in [-0.1, -0.05) is 12.1 Å². The molecule has 0 bridgehead atoms. The van der Waals surface area contributed by atoms with Crippen LogP contribution in [0.4, 0.5) is 0 Å². The van der Waals surface area contributed by atoms with Gasteiger partial charge >= 0.3 is 0 Å². The van der Waals surface area contributed by atoms with Crippen molar-refractivity contribution in [2.75, 3.05) is 13.1 Å². The Morgan fingerprint density at radius 3 is 2.63 bits per heavy atom. The van der Waals surface area contributed by atoms with Gasteiger partial charge in [-0.2, -0.15) is 5.10 Å². The summed E-state index contributed by atoms with van der Waals surface area (Å²) in [6.07, 6.45) is 4.45. The molecule has 27 heavy (non-hydrogen) atoms. The second-order valence-electron chi connectivity index (χ2n) is 7.70. The number of benzene rings is 2. The van der Waals surface area contributed by atoms with Crippen LogP contribution in [-0.4, -0.2) is 27.9 Å². The van der Waals surface area contributed by atoms with Crippen molar-refractivity contribution in [3.63, 3.8) is 0 Å². The van der Waals surface area contributed by atoms with Crippen molar-refractivity contribution >= 4 is 21.8 Å². The molecule has 0 radical (unpaired) electrons. The molecule has 0 spiro atoms. The number of aromatic nitrogens is 3. The fraction of sp³-hybridized carbons (Fsp3) is 0.304. The van der Waals surface area contributed by atoms with E-state index in [0.717, 1.165) is 24.1 Å². The molecule has 1 N–H and O–H groups in total. The number of fused-ring (bicyclic) bond motifs is 2. The Bertz CT molecular complexity index is 1140. The third kappa shape index (κ3) is 3.00. The minimum absolute atomic E-state index is 0.589. The molecule has 3 heterocycles. The van der Waals surface area contributed by atoms with E-state index in [1.54, 1.807) is 0 Å². The van der Waals surface area contributed by atoms with Crippen molar-refractivity contribution in [2.24, 2.45) is 7.05 Å². The van der Waals surface area contributed by atoms with Crippen LogP contribution in [0.1, 0.15) is 30.0 Å². The van der Waals surface area contributed by atoms with Crippen LogP contribution in [0.25, 0.3) is 32.9 Å². The molecular weight excluding hydrogens is 332 g/mol. The first kappa shape index (κ1) is 16.5. The van der Waals surface area contributed by atoms with E-state index in [9.17, 15) is 0 Å². The molecule has 4 aromatic rings. The molecule has 136 valence electrons. The Hall–Kier alpha value is -2.72. The number of piperidine rings is 1. The number of aryl methyl sites for hydroxylation is 2. The first-order chi connectivity index (χ1) is 13.2. The fourth-order valence-electron chi connectivity index (χ4n) is 4.26. The van der Waals surface area contributed by atoms with Gasteiger partial charge in [-0.05, 0) is 79.9 Å². The Morgan fingerprint density at radius 1 is 0.963 bits per heavy atom. The van der Waals surface area contributed by atoms with Gasteiger partial charge in [0.2, 0.25) is 0 Å². The Balaban J connectivity index is 1.54. The highest BCUT2D eigenvalue weighted by molar-refractivity contribution is 5.90. The van der Waals surface area contributed by atoms with Gasteiger partial charge < -0.3 is 5.32 Å². The average molecular weight is 356 g/mol. The predicted octanol–water partition coefficient (Wildman–Crippen LogP) is 4.56. The van der Waals surface area contributed by atoms with Gasteiger partial charge in [0.15, 0.2) is 0 Å². The van der Waals surface area contributed by atoms with Gasteiger partial charge in [-0.25, -0.2) is 0 Å². The zero-order chi connectivity index (χ0) is 18.4. The van der Waals surface area contributed by atoms with Crippen LogP contribution < -0.4 is 5.32 Å². The summed E-state index contributed by atoms with van der Waals surface area (Å²) in [5.41, 5.74) is 7.08. The zero-order valence-corrected chi connectivity index (χ0v) is 15.9. The highest BCUT2D eigenvalue weighted by atomic mass is 15.2. The van der Waals surface area contributed by atoms with Gasteiger partial charge in [0.25, 0.3) is 0 Å². The molecule has 4 heteroatoms. The van der Waals surface area contributed by atoms with Gasteiger partial charge in [-0.15, -0.1) is 0 Å². The number of nitrogens with zero attached hydrogens (tertiary/aromatic N) is 3. The smallest absolute Gasteiger partial charge is 0.0952 e. The summed E-state index contributed by atoms with van der Waals surface area (Å²) in [6.45, 7) is 4.33.